The molecule has 3 saturated heterocycles. The number of hydrogen-bond donors (Lipinski definition) is 0. The van der Waals surface area contributed by atoms with Gasteiger partial charge in [0.25, 0.3) is 0 Å². The molecule has 8 atom stereocenters. The molecule has 0 radical (unpaired) electrons. The summed E-state index contributed by atoms with van der Waals surface area (Å²) in [4.78, 5) is 12.0. The average Bonchev–Trinajstić information content (AvgIpc) is 3.41. The fourth-order valence-corrected chi connectivity index (χ4v) is 6.04. The van der Waals surface area contributed by atoms with Crippen LogP contribution in [0.2, 0.25) is 0 Å². The van der Waals surface area contributed by atoms with Crippen LogP contribution in [0.3, 0.4) is 0 Å². The van der Waals surface area contributed by atoms with Crippen molar-refractivity contribution in [3.63, 3.8) is 0 Å². The Balaban J connectivity index is 1.10. The van der Waals surface area contributed by atoms with Crippen LogP contribution in [-0.4, -0.2) is 56.4 Å². The van der Waals surface area contributed by atoms with Gasteiger partial charge in [0.1, 0.15) is 18.0 Å². The van der Waals surface area contributed by atoms with Gasteiger partial charge >= 0.3 is 5.97 Å². The highest BCUT2D eigenvalue weighted by Gasteiger charge is 2.51. The molecular formula is C28H36O8. The Morgan fingerprint density at radius 3 is 2.78 bits per heavy atom. The van der Waals surface area contributed by atoms with Gasteiger partial charge in [-0.25, -0.2) is 0 Å². The summed E-state index contributed by atoms with van der Waals surface area (Å²) >= 11 is 0. The summed E-state index contributed by atoms with van der Waals surface area (Å²) in [5.74, 6) is 0.912. The van der Waals surface area contributed by atoms with E-state index in [1.807, 2.05) is 24.3 Å². The van der Waals surface area contributed by atoms with E-state index >= 15 is 0 Å². The first-order valence-corrected chi connectivity index (χ1v) is 13.5. The number of carbonyl (C=O) groups excluding carboxylic acids is 1. The number of para-hydroxylation sites is 1. The van der Waals surface area contributed by atoms with Crippen LogP contribution in [0, 0.1) is 11.8 Å². The largest absolute Gasteiger partial charge is 0.464 e. The Hall–Kier alpha value is -1.97. The lowest BCUT2D eigenvalue weighted by atomic mass is 9.91. The van der Waals surface area contributed by atoms with Crippen molar-refractivity contribution in [3.05, 3.63) is 42.0 Å². The van der Waals surface area contributed by atoms with Gasteiger partial charge in [0.2, 0.25) is 6.29 Å². The molecule has 4 fully saturated rings. The highest BCUT2D eigenvalue weighted by atomic mass is 16.7. The van der Waals surface area contributed by atoms with E-state index in [-0.39, 0.29) is 48.7 Å². The van der Waals surface area contributed by atoms with Gasteiger partial charge in [-0.2, -0.15) is 0 Å². The highest BCUT2D eigenvalue weighted by molar-refractivity contribution is 5.72. The van der Waals surface area contributed by atoms with Crippen LogP contribution >= 0.6 is 0 Å². The maximum absolute atomic E-state index is 12.0. The van der Waals surface area contributed by atoms with Crippen molar-refractivity contribution in [1.82, 2.24) is 0 Å². The third kappa shape index (κ3) is 5.48. The number of rotatable bonds is 7. The fraction of sp³-hybridized carbons (Fsp3) is 0.679. The topological polar surface area (TPSA) is 81.7 Å². The van der Waals surface area contributed by atoms with Crippen molar-refractivity contribution in [2.24, 2.45) is 11.8 Å². The molecule has 0 aromatic heterocycles. The Bertz CT molecular complexity index is 928. The summed E-state index contributed by atoms with van der Waals surface area (Å²) in [6.45, 7) is 1.94. The van der Waals surface area contributed by atoms with Gasteiger partial charge in [0, 0.05) is 43.5 Å². The summed E-state index contributed by atoms with van der Waals surface area (Å²) in [5.41, 5.74) is 1.06. The van der Waals surface area contributed by atoms with E-state index in [4.69, 9.17) is 33.2 Å². The van der Waals surface area contributed by atoms with E-state index in [9.17, 15) is 4.79 Å². The SMILES string of the molecule is O=C1C[C@@H]2[C@@H](/C=C/CC3OCc4ccccc4O3)[C@H](OC3OCCC[C@H]3OC3CCCCO3)C[C@@H]2O1. The lowest BCUT2D eigenvalue weighted by molar-refractivity contribution is -0.288. The number of fused-ring (bicyclic) bond motifs is 2. The van der Waals surface area contributed by atoms with Crippen molar-refractivity contribution < 1.29 is 38.0 Å². The van der Waals surface area contributed by atoms with E-state index in [1.165, 1.54) is 0 Å². The first-order valence-electron chi connectivity index (χ1n) is 13.5. The minimum Gasteiger partial charge on any atom is -0.464 e. The molecular weight excluding hydrogens is 464 g/mol. The zero-order valence-electron chi connectivity index (χ0n) is 20.6. The zero-order chi connectivity index (χ0) is 24.3. The summed E-state index contributed by atoms with van der Waals surface area (Å²) in [7, 11) is 0. The number of carbonyl (C=O) groups is 1. The molecule has 1 saturated carbocycles. The second kappa shape index (κ2) is 11.2. The van der Waals surface area contributed by atoms with Crippen LogP contribution in [0.15, 0.2) is 36.4 Å². The average molecular weight is 501 g/mol. The predicted octanol–water partition coefficient (Wildman–Crippen LogP) is 4.25. The molecule has 196 valence electrons. The Kier molecular flexibility index (Phi) is 7.58. The Morgan fingerprint density at radius 1 is 0.944 bits per heavy atom. The summed E-state index contributed by atoms with van der Waals surface area (Å²) in [6, 6.07) is 7.95. The van der Waals surface area contributed by atoms with Gasteiger partial charge in [0.05, 0.1) is 19.1 Å². The van der Waals surface area contributed by atoms with E-state index in [2.05, 4.69) is 12.2 Å². The smallest absolute Gasteiger partial charge is 0.306 e. The second-order valence-corrected chi connectivity index (χ2v) is 10.4. The van der Waals surface area contributed by atoms with Crippen molar-refractivity contribution in [2.45, 2.75) is 95.2 Å². The monoisotopic (exact) mass is 500 g/mol. The summed E-state index contributed by atoms with van der Waals surface area (Å²) in [5, 5.41) is 0. The van der Waals surface area contributed by atoms with Gasteiger partial charge in [-0.3, -0.25) is 4.79 Å². The molecule has 0 amide bonds. The number of ether oxygens (including phenoxy) is 7. The first-order chi connectivity index (χ1) is 17.7. The standard InChI is InChI=1S/C28H36O8/c29-25-15-20-19(8-5-12-27-32-17-18-7-1-2-9-21(18)34-27)23(16-24(20)33-25)36-28-22(10-6-14-31-28)35-26-11-3-4-13-30-26/h1-2,5,7-9,19-20,22-24,26-28H,3-4,6,10-17H2/b8-5+/t19-,20-,22-,23-,24+,26?,27?,28?/m1/s1. The van der Waals surface area contributed by atoms with E-state index in [1.54, 1.807) is 0 Å². The van der Waals surface area contributed by atoms with Crippen molar-refractivity contribution >= 4 is 5.97 Å². The third-order valence-electron chi connectivity index (χ3n) is 7.89. The molecule has 1 aromatic rings. The molecule has 3 unspecified atom stereocenters. The van der Waals surface area contributed by atoms with Crippen molar-refractivity contribution in [1.29, 1.82) is 0 Å². The minimum absolute atomic E-state index is 0.0504. The molecule has 8 nitrogen and oxygen atoms in total. The molecule has 1 aliphatic carbocycles. The Morgan fingerprint density at radius 2 is 1.86 bits per heavy atom. The molecule has 5 aliphatic rings. The molecule has 0 bridgehead atoms. The van der Waals surface area contributed by atoms with E-state index in [0.29, 0.717) is 32.5 Å². The lowest BCUT2D eigenvalue weighted by Crippen LogP contribution is -2.44. The van der Waals surface area contributed by atoms with Crippen LogP contribution < -0.4 is 4.74 Å². The number of benzene rings is 1. The quantitative estimate of drug-likeness (QED) is 0.406. The first kappa shape index (κ1) is 24.4. The maximum atomic E-state index is 12.0. The third-order valence-corrected chi connectivity index (χ3v) is 7.89. The molecule has 1 aromatic carbocycles. The molecule has 0 N–H and O–H groups in total. The van der Waals surface area contributed by atoms with E-state index in [0.717, 1.165) is 50.0 Å². The van der Waals surface area contributed by atoms with Crippen molar-refractivity contribution in [2.75, 3.05) is 13.2 Å². The fourth-order valence-electron chi connectivity index (χ4n) is 6.04. The minimum atomic E-state index is -0.443. The zero-order valence-corrected chi connectivity index (χ0v) is 20.6. The molecule has 8 heteroatoms. The number of esters is 1. The van der Waals surface area contributed by atoms with Gasteiger partial charge in [0.15, 0.2) is 12.6 Å². The van der Waals surface area contributed by atoms with Crippen LogP contribution in [0.1, 0.15) is 56.9 Å². The maximum Gasteiger partial charge on any atom is 0.306 e. The second-order valence-electron chi connectivity index (χ2n) is 10.4. The van der Waals surface area contributed by atoms with Gasteiger partial charge in [-0.15, -0.1) is 0 Å². The highest BCUT2D eigenvalue weighted by Crippen LogP contribution is 2.44. The molecule has 6 rings (SSSR count). The van der Waals surface area contributed by atoms with Crippen molar-refractivity contribution in [3.8, 4) is 5.75 Å². The summed E-state index contributed by atoms with van der Waals surface area (Å²) in [6.07, 6.45) is 9.57. The van der Waals surface area contributed by atoms with Gasteiger partial charge in [-0.05, 0) is 38.2 Å². The molecule has 4 aliphatic heterocycles. The number of hydrogen-bond acceptors (Lipinski definition) is 8. The molecule has 36 heavy (non-hydrogen) atoms. The lowest BCUT2D eigenvalue weighted by Gasteiger charge is -2.37. The summed E-state index contributed by atoms with van der Waals surface area (Å²) < 4.78 is 42.2. The van der Waals surface area contributed by atoms with Gasteiger partial charge in [-0.1, -0.05) is 30.4 Å². The van der Waals surface area contributed by atoms with E-state index < -0.39 is 6.29 Å². The normalized spacial score (nSPS) is 38.4. The van der Waals surface area contributed by atoms with Gasteiger partial charge < -0.3 is 33.2 Å². The van der Waals surface area contributed by atoms with Crippen LogP contribution in [0.25, 0.3) is 0 Å². The van der Waals surface area contributed by atoms with Crippen LogP contribution in [0.5, 0.6) is 5.75 Å². The van der Waals surface area contributed by atoms with Crippen LogP contribution in [-0.2, 0) is 39.8 Å². The molecule has 0 spiro atoms. The predicted molar refractivity (Wildman–Crippen MR) is 128 cm³/mol. The Labute approximate surface area is 212 Å². The molecule has 4 heterocycles. The van der Waals surface area contributed by atoms with Crippen LogP contribution in [0.4, 0.5) is 0 Å².